The van der Waals surface area contributed by atoms with E-state index in [9.17, 15) is 0 Å². The molecular weight excluding hydrogens is 240 g/mol. The van der Waals surface area contributed by atoms with Gasteiger partial charge in [0.2, 0.25) is 12.2 Å². The zero-order chi connectivity index (χ0) is 15.4. The van der Waals surface area contributed by atoms with Crippen molar-refractivity contribution in [2.24, 2.45) is 5.92 Å². The zero-order valence-electron chi connectivity index (χ0n) is 12.8. The van der Waals surface area contributed by atoms with E-state index in [2.05, 4.69) is 20.8 Å². The fourth-order valence-corrected chi connectivity index (χ4v) is 1.81. The Bertz CT molecular complexity index is 196. The predicted molar refractivity (Wildman–Crippen MR) is 78.9 cm³/mol. The van der Waals surface area contributed by atoms with E-state index in [1.807, 2.05) is 0 Å². The molecule has 0 atom stereocenters. The summed E-state index contributed by atoms with van der Waals surface area (Å²) in [7, 11) is 0. The van der Waals surface area contributed by atoms with Crippen LogP contribution >= 0.6 is 0 Å². The van der Waals surface area contributed by atoms with E-state index in [0.29, 0.717) is 0 Å². The first kappa shape index (κ1) is 22.9. The lowest BCUT2D eigenvalue weighted by Gasteiger charge is -2.15. The molecule has 1 rings (SSSR count). The Kier molecular flexibility index (Phi) is 30.8. The van der Waals surface area contributed by atoms with Crippen molar-refractivity contribution in [3.63, 3.8) is 0 Å². The molecule has 1 fully saturated rings. The number of nitrogens with one attached hydrogen (secondary N) is 2. The first-order valence-corrected chi connectivity index (χ1v) is 7.22. The Morgan fingerprint density at radius 2 is 1.21 bits per heavy atom. The van der Waals surface area contributed by atoms with Crippen LogP contribution in [0.15, 0.2) is 0 Å². The number of rotatable bonds is 3. The van der Waals surface area contributed by atoms with Gasteiger partial charge in [0.25, 0.3) is 0 Å². The van der Waals surface area contributed by atoms with Crippen molar-refractivity contribution in [1.82, 2.24) is 0 Å². The maximum absolute atomic E-state index is 8.35. The van der Waals surface area contributed by atoms with Gasteiger partial charge in [0.05, 0.1) is 0 Å². The van der Waals surface area contributed by atoms with E-state index < -0.39 is 0 Å². The number of isocyanates is 2. The van der Waals surface area contributed by atoms with Crippen LogP contribution in [0.2, 0.25) is 0 Å². The van der Waals surface area contributed by atoms with Crippen LogP contribution in [0.1, 0.15) is 78.6 Å². The minimum Gasteiger partial charge on any atom is -0.222 e. The molecule has 1 saturated carbocycles. The van der Waals surface area contributed by atoms with Crippen molar-refractivity contribution < 1.29 is 9.59 Å². The van der Waals surface area contributed by atoms with Gasteiger partial charge in [-0.25, -0.2) is 20.4 Å². The maximum atomic E-state index is 8.35. The Hall–Kier alpha value is -1.24. The Morgan fingerprint density at radius 3 is 1.37 bits per heavy atom. The van der Waals surface area contributed by atoms with Crippen LogP contribution < -0.4 is 0 Å². The second-order valence-electron chi connectivity index (χ2n) is 4.65. The van der Waals surface area contributed by atoms with Gasteiger partial charge in [-0.3, -0.25) is 0 Å². The van der Waals surface area contributed by atoms with Crippen LogP contribution in [0, 0.1) is 16.7 Å². The second-order valence-corrected chi connectivity index (χ2v) is 4.65. The van der Waals surface area contributed by atoms with E-state index >= 15 is 0 Å². The lowest BCUT2D eigenvalue weighted by molar-refractivity contribution is 0.385. The SMILES string of the molecule is CC1CCCCC1.CCCCCC.N=C=O.N=C=O. The molecule has 0 saturated heterocycles. The van der Waals surface area contributed by atoms with Crippen molar-refractivity contribution in [3.8, 4) is 0 Å². The second kappa shape index (κ2) is 25.6. The van der Waals surface area contributed by atoms with Gasteiger partial charge in [-0.05, 0) is 5.92 Å². The van der Waals surface area contributed by atoms with Crippen LogP contribution in [-0.4, -0.2) is 12.2 Å². The number of unbranched alkanes of at least 4 members (excludes halogenated alkanes) is 3. The molecule has 0 spiro atoms. The number of hydrogen-bond acceptors (Lipinski definition) is 4. The highest BCUT2D eigenvalue weighted by molar-refractivity contribution is 5.26. The van der Waals surface area contributed by atoms with Gasteiger partial charge in [-0.1, -0.05) is 78.6 Å². The van der Waals surface area contributed by atoms with Gasteiger partial charge in [0, 0.05) is 0 Å². The van der Waals surface area contributed by atoms with Gasteiger partial charge in [-0.2, -0.15) is 0 Å². The molecule has 0 unspecified atom stereocenters. The summed E-state index contributed by atoms with van der Waals surface area (Å²) in [4.78, 5) is 16.7. The summed E-state index contributed by atoms with van der Waals surface area (Å²) >= 11 is 0. The molecule has 4 heteroatoms. The summed E-state index contributed by atoms with van der Waals surface area (Å²) in [5, 5.41) is 10.8. The standard InChI is InChI=1S/C7H14.C6H14.2CHNO/c1-7-5-3-2-4-6-7;1-3-5-6-4-2;2*2-1-3/h7H,2-6H2,1H3;3-6H2,1-2H3;2*2H. The van der Waals surface area contributed by atoms with Crippen LogP contribution in [0.5, 0.6) is 0 Å². The molecule has 0 radical (unpaired) electrons. The predicted octanol–water partition coefficient (Wildman–Crippen LogP) is 4.98. The largest absolute Gasteiger partial charge is 0.231 e. The topological polar surface area (TPSA) is 81.8 Å². The third-order valence-corrected chi connectivity index (χ3v) is 2.85. The average molecular weight is 270 g/mol. The number of hydrogen-bond donors (Lipinski definition) is 2. The number of carbonyl (C=O) groups excluding carboxylic acids is 2. The smallest absolute Gasteiger partial charge is 0.222 e. The summed E-state index contributed by atoms with van der Waals surface area (Å²) in [5.74, 6) is 1.04. The van der Waals surface area contributed by atoms with Crippen molar-refractivity contribution in [1.29, 1.82) is 10.8 Å². The molecule has 0 heterocycles. The Labute approximate surface area is 118 Å². The summed E-state index contributed by atoms with van der Waals surface area (Å²) < 4.78 is 0. The van der Waals surface area contributed by atoms with Crippen LogP contribution in [0.3, 0.4) is 0 Å². The van der Waals surface area contributed by atoms with Gasteiger partial charge in [0.1, 0.15) is 0 Å². The molecular formula is C15H30N2O2. The van der Waals surface area contributed by atoms with Crippen molar-refractivity contribution in [2.75, 3.05) is 0 Å². The molecule has 0 aromatic carbocycles. The van der Waals surface area contributed by atoms with Crippen LogP contribution in [0.25, 0.3) is 0 Å². The van der Waals surface area contributed by atoms with Crippen molar-refractivity contribution in [2.45, 2.75) is 78.6 Å². The van der Waals surface area contributed by atoms with E-state index in [-0.39, 0.29) is 0 Å². The van der Waals surface area contributed by atoms with Gasteiger partial charge in [0.15, 0.2) is 0 Å². The molecule has 2 N–H and O–H groups in total. The van der Waals surface area contributed by atoms with Gasteiger partial charge >= 0.3 is 0 Å². The summed E-state index contributed by atoms with van der Waals surface area (Å²) in [6.07, 6.45) is 14.5. The highest BCUT2D eigenvalue weighted by Gasteiger charge is 2.05. The van der Waals surface area contributed by atoms with Crippen molar-refractivity contribution >= 4 is 12.2 Å². The average Bonchev–Trinajstić information content (AvgIpc) is 2.40. The quantitative estimate of drug-likeness (QED) is 0.431. The molecule has 19 heavy (non-hydrogen) atoms. The van der Waals surface area contributed by atoms with Crippen LogP contribution in [0.4, 0.5) is 0 Å². The molecule has 0 aromatic heterocycles. The molecule has 1 aliphatic carbocycles. The van der Waals surface area contributed by atoms with E-state index in [4.69, 9.17) is 20.4 Å². The van der Waals surface area contributed by atoms with E-state index in [0.717, 1.165) is 18.1 Å². The minimum absolute atomic E-state index is 0.750. The minimum atomic E-state index is 0.750. The third-order valence-electron chi connectivity index (χ3n) is 2.85. The first-order chi connectivity index (χ1) is 9.14. The lowest BCUT2D eigenvalue weighted by Crippen LogP contribution is -1.99. The third kappa shape index (κ3) is 38.3. The normalized spacial score (nSPS) is 13.0. The maximum Gasteiger partial charge on any atom is 0.231 e. The Morgan fingerprint density at radius 1 is 0.895 bits per heavy atom. The molecule has 4 nitrogen and oxygen atoms in total. The highest BCUT2D eigenvalue weighted by atomic mass is 16.1. The van der Waals surface area contributed by atoms with E-state index in [1.54, 1.807) is 0 Å². The molecule has 0 amide bonds. The molecule has 0 aromatic rings. The molecule has 0 aliphatic heterocycles. The molecule has 0 bridgehead atoms. The van der Waals surface area contributed by atoms with Crippen LogP contribution in [-0.2, 0) is 9.59 Å². The summed E-state index contributed by atoms with van der Waals surface area (Å²) in [6.45, 7) is 6.82. The monoisotopic (exact) mass is 270 g/mol. The zero-order valence-corrected chi connectivity index (χ0v) is 12.8. The fourth-order valence-electron chi connectivity index (χ4n) is 1.81. The van der Waals surface area contributed by atoms with Gasteiger partial charge < -0.3 is 0 Å². The lowest BCUT2D eigenvalue weighted by atomic mass is 9.91. The fraction of sp³-hybridized carbons (Fsp3) is 0.867. The summed E-state index contributed by atoms with van der Waals surface area (Å²) in [5.41, 5.74) is 0. The first-order valence-electron chi connectivity index (χ1n) is 7.22. The molecule has 1 aliphatic rings. The molecule has 112 valence electrons. The van der Waals surface area contributed by atoms with Gasteiger partial charge in [-0.15, -0.1) is 0 Å². The highest BCUT2D eigenvalue weighted by Crippen LogP contribution is 2.22. The summed E-state index contributed by atoms with van der Waals surface area (Å²) in [6, 6.07) is 0. The van der Waals surface area contributed by atoms with Crippen molar-refractivity contribution in [3.05, 3.63) is 0 Å². The van der Waals surface area contributed by atoms with E-state index in [1.165, 1.54) is 57.8 Å². The Balaban J connectivity index is -0.000000195.